The predicted molar refractivity (Wildman–Crippen MR) is 96.8 cm³/mol. The Labute approximate surface area is 139 Å². The third-order valence-corrected chi connectivity index (χ3v) is 3.89. The van der Waals surface area contributed by atoms with Gasteiger partial charge in [0.25, 0.3) is 0 Å². The number of benzene rings is 2. The highest BCUT2D eigenvalue weighted by molar-refractivity contribution is 9.10. The summed E-state index contributed by atoms with van der Waals surface area (Å²) in [7, 11) is 3.97. The van der Waals surface area contributed by atoms with E-state index in [4.69, 9.17) is 0 Å². The Hall–Kier alpha value is -2.01. The third kappa shape index (κ3) is 4.49. The van der Waals surface area contributed by atoms with Crippen LogP contribution in [-0.4, -0.2) is 26.5 Å². The van der Waals surface area contributed by atoms with E-state index in [-0.39, 0.29) is 12.5 Å². The molecule has 0 aliphatic heterocycles. The van der Waals surface area contributed by atoms with E-state index in [0.29, 0.717) is 0 Å². The molecule has 22 heavy (non-hydrogen) atoms. The zero-order valence-electron chi connectivity index (χ0n) is 13.0. The zero-order valence-corrected chi connectivity index (χ0v) is 14.6. The maximum absolute atomic E-state index is 12.0. The number of rotatable bonds is 5. The number of nitrogens with zero attached hydrogens (tertiary/aromatic N) is 1. The quantitative estimate of drug-likeness (QED) is 0.849. The summed E-state index contributed by atoms with van der Waals surface area (Å²) >= 11 is 3.49. The molecule has 2 rings (SSSR count). The number of carbonyl (C=O) groups excluding carboxylic acids is 1. The Bertz CT molecular complexity index is 653. The molecule has 116 valence electrons. The summed E-state index contributed by atoms with van der Waals surface area (Å²) in [6.07, 6.45) is 0. The van der Waals surface area contributed by atoms with Crippen molar-refractivity contribution in [2.24, 2.45) is 0 Å². The molecule has 0 bridgehead atoms. The number of nitrogens with one attached hydrogen (secondary N) is 2. The molecule has 0 saturated heterocycles. The predicted octanol–water partition coefficient (Wildman–Crippen LogP) is 3.87. The van der Waals surface area contributed by atoms with Crippen LogP contribution in [0.15, 0.2) is 46.9 Å². The second-order valence-electron chi connectivity index (χ2n) is 5.33. The second-order valence-corrected chi connectivity index (χ2v) is 6.18. The number of aryl methyl sites for hydroxylation is 1. The number of carbonyl (C=O) groups is 1. The summed E-state index contributed by atoms with van der Waals surface area (Å²) in [5, 5.41) is 6.00. The van der Waals surface area contributed by atoms with Crippen molar-refractivity contribution in [2.45, 2.75) is 6.92 Å². The lowest BCUT2D eigenvalue weighted by atomic mass is 10.2. The summed E-state index contributed by atoms with van der Waals surface area (Å²) < 4.78 is 0.954. The Balaban J connectivity index is 1.90. The molecule has 0 aromatic heterocycles. The summed E-state index contributed by atoms with van der Waals surface area (Å²) in [5.41, 5.74) is 3.96. The molecular weight excluding hydrogens is 342 g/mol. The fraction of sp³-hybridized carbons (Fsp3) is 0.235. The monoisotopic (exact) mass is 361 g/mol. The van der Waals surface area contributed by atoms with Gasteiger partial charge in [-0.1, -0.05) is 6.07 Å². The van der Waals surface area contributed by atoms with Crippen LogP contribution in [0.25, 0.3) is 0 Å². The lowest BCUT2D eigenvalue weighted by Gasteiger charge is -2.13. The molecule has 4 nitrogen and oxygen atoms in total. The fourth-order valence-electron chi connectivity index (χ4n) is 1.99. The summed E-state index contributed by atoms with van der Waals surface area (Å²) in [5.74, 6) is -0.0786. The lowest BCUT2D eigenvalue weighted by Crippen LogP contribution is -2.22. The van der Waals surface area contributed by atoms with Crippen molar-refractivity contribution in [1.82, 2.24) is 0 Å². The van der Waals surface area contributed by atoms with Gasteiger partial charge < -0.3 is 15.5 Å². The molecule has 0 unspecified atom stereocenters. The molecule has 0 fully saturated rings. The first kappa shape index (κ1) is 16.4. The second kappa shape index (κ2) is 7.31. The minimum atomic E-state index is -0.0786. The minimum Gasteiger partial charge on any atom is -0.378 e. The van der Waals surface area contributed by atoms with Crippen LogP contribution in [-0.2, 0) is 4.79 Å². The molecule has 0 aliphatic rings. The van der Waals surface area contributed by atoms with Crippen molar-refractivity contribution in [2.75, 3.05) is 36.2 Å². The van der Waals surface area contributed by atoms with Crippen LogP contribution < -0.4 is 15.5 Å². The number of anilines is 3. The van der Waals surface area contributed by atoms with Crippen molar-refractivity contribution >= 4 is 38.9 Å². The molecule has 0 atom stereocenters. The van der Waals surface area contributed by atoms with E-state index >= 15 is 0 Å². The van der Waals surface area contributed by atoms with Crippen LogP contribution >= 0.6 is 15.9 Å². The van der Waals surface area contributed by atoms with Crippen LogP contribution in [0.2, 0.25) is 0 Å². The Morgan fingerprint density at radius 3 is 2.41 bits per heavy atom. The first-order valence-corrected chi connectivity index (χ1v) is 7.82. The number of amides is 1. The van der Waals surface area contributed by atoms with Crippen molar-refractivity contribution in [3.05, 3.63) is 52.5 Å². The third-order valence-electron chi connectivity index (χ3n) is 3.23. The van der Waals surface area contributed by atoms with Crippen LogP contribution in [0, 0.1) is 6.92 Å². The molecule has 5 heteroatoms. The first-order chi connectivity index (χ1) is 10.5. The number of halogens is 1. The van der Waals surface area contributed by atoms with Gasteiger partial charge in [0.1, 0.15) is 0 Å². The highest BCUT2D eigenvalue weighted by atomic mass is 79.9. The van der Waals surface area contributed by atoms with E-state index in [1.807, 2.05) is 68.4 Å². The molecule has 1 amide bonds. The molecule has 0 radical (unpaired) electrons. The Morgan fingerprint density at radius 2 is 1.82 bits per heavy atom. The fourth-order valence-corrected chi connectivity index (χ4v) is 2.62. The van der Waals surface area contributed by atoms with Gasteiger partial charge in [0.15, 0.2) is 0 Å². The van der Waals surface area contributed by atoms with Crippen LogP contribution in [0.1, 0.15) is 5.56 Å². The van der Waals surface area contributed by atoms with E-state index in [2.05, 4.69) is 26.6 Å². The van der Waals surface area contributed by atoms with E-state index < -0.39 is 0 Å². The largest absolute Gasteiger partial charge is 0.378 e. The highest BCUT2D eigenvalue weighted by Gasteiger charge is 2.05. The van der Waals surface area contributed by atoms with Gasteiger partial charge in [-0.25, -0.2) is 0 Å². The maximum atomic E-state index is 12.0. The molecule has 2 aromatic rings. The summed E-state index contributed by atoms with van der Waals surface area (Å²) in [6, 6.07) is 13.7. The number of hydrogen-bond donors (Lipinski definition) is 2. The normalized spacial score (nSPS) is 10.2. The van der Waals surface area contributed by atoms with Crippen molar-refractivity contribution < 1.29 is 4.79 Å². The van der Waals surface area contributed by atoms with Gasteiger partial charge in [-0.3, -0.25) is 4.79 Å². The van der Waals surface area contributed by atoms with Crippen LogP contribution in [0.3, 0.4) is 0 Å². The zero-order chi connectivity index (χ0) is 16.1. The average molecular weight is 362 g/mol. The maximum Gasteiger partial charge on any atom is 0.243 e. The van der Waals surface area contributed by atoms with E-state index in [1.165, 1.54) is 5.56 Å². The molecule has 2 aromatic carbocycles. The smallest absolute Gasteiger partial charge is 0.243 e. The molecule has 0 spiro atoms. The lowest BCUT2D eigenvalue weighted by molar-refractivity contribution is -0.114. The van der Waals surface area contributed by atoms with Crippen molar-refractivity contribution in [1.29, 1.82) is 0 Å². The molecule has 2 N–H and O–H groups in total. The molecule has 0 aliphatic carbocycles. The molecular formula is C17H20BrN3O. The van der Waals surface area contributed by atoms with Gasteiger partial charge >= 0.3 is 0 Å². The minimum absolute atomic E-state index is 0.0786. The van der Waals surface area contributed by atoms with Gasteiger partial charge in [-0.15, -0.1) is 0 Å². The highest BCUT2D eigenvalue weighted by Crippen LogP contribution is 2.23. The number of hydrogen-bond acceptors (Lipinski definition) is 3. The first-order valence-electron chi connectivity index (χ1n) is 7.03. The van der Waals surface area contributed by atoms with Gasteiger partial charge in [0, 0.05) is 35.6 Å². The topological polar surface area (TPSA) is 44.4 Å². The van der Waals surface area contributed by atoms with Crippen molar-refractivity contribution in [3.63, 3.8) is 0 Å². The summed E-state index contributed by atoms with van der Waals surface area (Å²) in [6.45, 7) is 2.25. The van der Waals surface area contributed by atoms with E-state index in [0.717, 1.165) is 21.5 Å². The Morgan fingerprint density at radius 1 is 1.14 bits per heavy atom. The summed E-state index contributed by atoms with van der Waals surface area (Å²) in [4.78, 5) is 14.0. The van der Waals surface area contributed by atoms with Gasteiger partial charge in [-0.05, 0) is 64.8 Å². The SMILES string of the molecule is Cc1ccc(NCC(=O)Nc2ccc(N(C)C)cc2)c(Br)c1. The van der Waals surface area contributed by atoms with Crippen LogP contribution in [0.5, 0.6) is 0 Å². The standard InChI is InChI=1S/C17H20BrN3O/c1-12-4-9-16(15(18)10-12)19-11-17(22)20-13-5-7-14(8-6-13)21(2)3/h4-10,19H,11H2,1-3H3,(H,20,22). The van der Waals surface area contributed by atoms with E-state index in [1.54, 1.807) is 0 Å². The molecule has 0 saturated carbocycles. The molecule has 0 heterocycles. The van der Waals surface area contributed by atoms with Crippen LogP contribution in [0.4, 0.5) is 17.1 Å². The van der Waals surface area contributed by atoms with Crippen molar-refractivity contribution in [3.8, 4) is 0 Å². The van der Waals surface area contributed by atoms with Gasteiger partial charge in [0.2, 0.25) is 5.91 Å². The average Bonchev–Trinajstić information content (AvgIpc) is 2.47. The van der Waals surface area contributed by atoms with E-state index in [9.17, 15) is 4.79 Å². The van der Waals surface area contributed by atoms with Gasteiger partial charge in [0.05, 0.1) is 6.54 Å². The Kier molecular flexibility index (Phi) is 5.44. The van der Waals surface area contributed by atoms with Gasteiger partial charge in [-0.2, -0.15) is 0 Å².